The van der Waals surface area contributed by atoms with Crippen LogP contribution in [0.5, 0.6) is 0 Å². The first-order valence-corrected chi connectivity index (χ1v) is 11.4. The maximum Gasteiger partial charge on any atom is 0.257 e. The molecule has 0 saturated carbocycles. The van der Waals surface area contributed by atoms with Crippen molar-refractivity contribution < 1.29 is 4.79 Å². The van der Waals surface area contributed by atoms with Crippen molar-refractivity contribution in [1.29, 1.82) is 0 Å². The zero-order chi connectivity index (χ0) is 22.6. The molecular formula is C28H28N4O. The van der Waals surface area contributed by atoms with Crippen LogP contribution in [-0.4, -0.2) is 46.8 Å². The van der Waals surface area contributed by atoms with Gasteiger partial charge in [-0.3, -0.25) is 9.48 Å². The van der Waals surface area contributed by atoms with Gasteiger partial charge in [0.15, 0.2) is 0 Å². The van der Waals surface area contributed by atoms with Crippen molar-refractivity contribution in [2.45, 2.75) is 13.5 Å². The fourth-order valence-electron chi connectivity index (χ4n) is 4.40. The minimum Gasteiger partial charge on any atom is -0.368 e. The quantitative estimate of drug-likeness (QED) is 0.448. The fraction of sp³-hybridized carbons (Fsp3) is 0.214. The number of hydrogen-bond acceptors (Lipinski definition) is 3. The summed E-state index contributed by atoms with van der Waals surface area (Å²) in [5.41, 5.74) is 6.02. The zero-order valence-corrected chi connectivity index (χ0v) is 18.9. The largest absolute Gasteiger partial charge is 0.368 e. The van der Waals surface area contributed by atoms with Gasteiger partial charge < -0.3 is 9.80 Å². The summed E-state index contributed by atoms with van der Waals surface area (Å²) in [6.07, 6.45) is 1.91. The van der Waals surface area contributed by atoms with E-state index >= 15 is 0 Å². The molecule has 5 rings (SSSR count). The Bertz CT molecular complexity index is 1230. The van der Waals surface area contributed by atoms with Crippen LogP contribution in [0.3, 0.4) is 0 Å². The van der Waals surface area contributed by atoms with Crippen LogP contribution in [0.1, 0.15) is 21.5 Å². The van der Waals surface area contributed by atoms with E-state index < -0.39 is 0 Å². The first-order valence-electron chi connectivity index (χ1n) is 11.4. The molecule has 1 aliphatic rings. The van der Waals surface area contributed by atoms with Gasteiger partial charge in [-0.1, -0.05) is 72.8 Å². The Hall–Kier alpha value is -3.86. The molecule has 0 atom stereocenters. The lowest BCUT2D eigenvalue weighted by atomic mass is 10.1. The van der Waals surface area contributed by atoms with E-state index in [0.29, 0.717) is 25.2 Å². The minimum absolute atomic E-state index is 0.0528. The number of nitrogens with zero attached hydrogens (tertiary/aromatic N) is 4. The van der Waals surface area contributed by atoms with Crippen LogP contribution in [0.15, 0.2) is 91.1 Å². The highest BCUT2D eigenvalue weighted by Crippen LogP contribution is 2.25. The summed E-state index contributed by atoms with van der Waals surface area (Å²) in [4.78, 5) is 17.9. The number of benzene rings is 3. The smallest absolute Gasteiger partial charge is 0.257 e. The van der Waals surface area contributed by atoms with Crippen molar-refractivity contribution in [2.24, 2.45) is 0 Å². The van der Waals surface area contributed by atoms with E-state index in [1.165, 1.54) is 11.3 Å². The highest BCUT2D eigenvalue weighted by molar-refractivity contribution is 6.00. The lowest BCUT2D eigenvalue weighted by Crippen LogP contribution is -2.48. The van der Waals surface area contributed by atoms with Gasteiger partial charge in [0.25, 0.3) is 5.91 Å². The van der Waals surface area contributed by atoms with E-state index in [1.54, 1.807) is 0 Å². The van der Waals surface area contributed by atoms with Gasteiger partial charge in [-0.05, 0) is 30.2 Å². The fourth-order valence-corrected chi connectivity index (χ4v) is 4.40. The second-order valence-electron chi connectivity index (χ2n) is 8.56. The second-order valence-corrected chi connectivity index (χ2v) is 8.56. The van der Waals surface area contributed by atoms with Gasteiger partial charge in [-0.25, -0.2) is 0 Å². The molecule has 1 aromatic heterocycles. The molecule has 166 valence electrons. The van der Waals surface area contributed by atoms with E-state index in [1.807, 2.05) is 64.3 Å². The molecule has 5 nitrogen and oxygen atoms in total. The standard InChI is InChI=1S/C28H28N4O/c1-22-9-8-14-25(19-22)30-15-17-31(18-16-30)28(33)26-21-32(20-23-10-4-2-5-11-23)29-27(26)24-12-6-3-7-13-24/h2-14,19,21H,15-18,20H2,1H3. The molecule has 2 heterocycles. The van der Waals surface area contributed by atoms with Crippen molar-refractivity contribution in [3.05, 3.63) is 108 Å². The lowest BCUT2D eigenvalue weighted by Gasteiger charge is -2.36. The predicted octanol–water partition coefficient (Wildman–Crippen LogP) is 4.87. The van der Waals surface area contributed by atoms with Crippen LogP contribution in [0.2, 0.25) is 0 Å². The van der Waals surface area contributed by atoms with Crippen LogP contribution in [-0.2, 0) is 6.54 Å². The Morgan fingerprint density at radius 3 is 2.24 bits per heavy atom. The maximum absolute atomic E-state index is 13.6. The van der Waals surface area contributed by atoms with E-state index in [-0.39, 0.29) is 5.91 Å². The van der Waals surface area contributed by atoms with Crippen LogP contribution in [0.4, 0.5) is 5.69 Å². The summed E-state index contributed by atoms with van der Waals surface area (Å²) in [7, 11) is 0. The molecule has 5 heteroatoms. The minimum atomic E-state index is 0.0528. The summed E-state index contributed by atoms with van der Waals surface area (Å²) < 4.78 is 1.88. The van der Waals surface area contributed by atoms with Gasteiger partial charge in [0, 0.05) is 43.6 Å². The van der Waals surface area contributed by atoms with E-state index in [9.17, 15) is 4.79 Å². The monoisotopic (exact) mass is 436 g/mol. The van der Waals surface area contributed by atoms with Crippen molar-refractivity contribution in [3.8, 4) is 11.3 Å². The van der Waals surface area contributed by atoms with Crippen LogP contribution < -0.4 is 4.90 Å². The number of piperazine rings is 1. The normalized spacial score (nSPS) is 13.8. The number of amides is 1. The molecule has 0 unspecified atom stereocenters. The molecular weight excluding hydrogens is 408 g/mol. The second kappa shape index (κ2) is 9.33. The summed E-state index contributed by atoms with van der Waals surface area (Å²) in [6, 6.07) is 28.8. The first kappa shape index (κ1) is 21.0. The molecule has 1 amide bonds. The number of carbonyl (C=O) groups is 1. The molecule has 1 saturated heterocycles. The zero-order valence-electron chi connectivity index (χ0n) is 18.9. The van der Waals surface area contributed by atoms with Gasteiger partial charge in [0.2, 0.25) is 0 Å². The topological polar surface area (TPSA) is 41.4 Å². The Labute approximate surface area is 194 Å². The van der Waals surface area contributed by atoms with Crippen molar-refractivity contribution >= 4 is 11.6 Å². The molecule has 0 N–H and O–H groups in total. The summed E-state index contributed by atoms with van der Waals surface area (Å²) >= 11 is 0. The number of carbonyl (C=O) groups excluding carboxylic acids is 1. The Morgan fingerprint density at radius 1 is 0.848 bits per heavy atom. The molecule has 33 heavy (non-hydrogen) atoms. The van der Waals surface area contributed by atoms with E-state index in [0.717, 1.165) is 29.9 Å². The summed E-state index contributed by atoms with van der Waals surface area (Å²) in [6.45, 7) is 5.80. The van der Waals surface area contributed by atoms with Crippen LogP contribution in [0, 0.1) is 6.92 Å². The summed E-state index contributed by atoms with van der Waals surface area (Å²) in [5.74, 6) is 0.0528. The Morgan fingerprint density at radius 2 is 1.55 bits per heavy atom. The maximum atomic E-state index is 13.6. The molecule has 0 bridgehead atoms. The van der Waals surface area contributed by atoms with Crippen LogP contribution >= 0.6 is 0 Å². The van der Waals surface area contributed by atoms with E-state index in [4.69, 9.17) is 5.10 Å². The summed E-state index contributed by atoms with van der Waals surface area (Å²) in [5, 5.41) is 4.82. The molecule has 3 aromatic carbocycles. The average molecular weight is 437 g/mol. The predicted molar refractivity (Wildman–Crippen MR) is 133 cm³/mol. The first-order chi connectivity index (χ1) is 16.2. The number of hydrogen-bond donors (Lipinski definition) is 0. The number of aryl methyl sites for hydroxylation is 1. The van der Waals surface area contributed by atoms with Gasteiger partial charge in [0.1, 0.15) is 5.69 Å². The molecule has 0 radical (unpaired) electrons. The molecule has 1 fully saturated rings. The number of anilines is 1. The number of rotatable bonds is 5. The third-order valence-corrected chi connectivity index (χ3v) is 6.16. The van der Waals surface area contributed by atoms with Crippen molar-refractivity contribution in [1.82, 2.24) is 14.7 Å². The van der Waals surface area contributed by atoms with Gasteiger partial charge >= 0.3 is 0 Å². The highest BCUT2D eigenvalue weighted by atomic mass is 16.2. The number of aromatic nitrogens is 2. The molecule has 0 spiro atoms. The average Bonchev–Trinajstić information content (AvgIpc) is 3.28. The lowest BCUT2D eigenvalue weighted by molar-refractivity contribution is 0.0747. The van der Waals surface area contributed by atoms with Gasteiger partial charge in [-0.15, -0.1) is 0 Å². The third kappa shape index (κ3) is 4.67. The molecule has 1 aliphatic heterocycles. The van der Waals surface area contributed by atoms with Crippen molar-refractivity contribution in [3.63, 3.8) is 0 Å². The third-order valence-electron chi connectivity index (χ3n) is 6.16. The van der Waals surface area contributed by atoms with Gasteiger partial charge in [0.05, 0.1) is 12.1 Å². The van der Waals surface area contributed by atoms with Crippen LogP contribution in [0.25, 0.3) is 11.3 Å². The molecule has 0 aliphatic carbocycles. The molecule has 4 aromatic rings. The van der Waals surface area contributed by atoms with E-state index in [2.05, 4.69) is 48.2 Å². The SMILES string of the molecule is Cc1cccc(N2CCN(C(=O)c3cn(Cc4ccccc4)nc3-c3ccccc3)CC2)c1. The Kier molecular flexibility index (Phi) is 5.94. The van der Waals surface area contributed by atoms with Gasteiger partial charge in [-0.2, -0.15) is 5.10 Å². The van der Waals surface area contributed by atoms with Crippen molar-refractivity contribution in [2.75, 3.05) is 31.1 Å². The highest BCUT2D eigenvalue weighted by Gasteiger charge is 2.26. The Balaban J connectivity index is 1.38.